The molecular formula is C21H28O3. The van der Waals surface area contributed by atoms with Gasteiger partial charge in [0.25, 0.3) is 0 Å². The number of carbonyl (C=O) groups is 2. The van der Waals surface area contributed by atoms with E-state index in [-0.39, 0.29) is 34.2 Å². The Hall–Kier alpha value is -1.22. The van der Waals surface area contributed by atoms with Crippen LogP contribution in [0.5, 0.6) is 0 Å². The molecule has 0 amide bonds. The largest absolute Gasteiger partial charge is 0.393 e. The molecule has 3 fully saturated rings. The van der Waals surface area contributed by atoms with E-state index in [1.165, 1.54) is 5.57 Å². The second-order valence-corrected chi connectivity index (χ2v) is 9.04. The van der Waals surface area contributed by atoms with E-state index >= 15 is 0 Å². The van der Waals surface area contributed by atoms with Gasteiger partial charge >= 0.3 is 0 Å². The highest BCUT2D eigenvalue weighted by atomic mass is 16.3. The van der Waals surface area contributed by atoms with Gasteiger partial charge in [-0.15, -0.1) is 0 Å². The van der Waals surface area contributed by atoms with E-state index in [1.54, 1.807) is 19.1 Å². The third-order valence-electron chi connectivity index (χ3n) is 7.98. The Balaban J connectivity index is 1.74. The molecule has 0 aromatic heterocycles. The van der Waals surface area contributed by atoms with Gasteiger partial charge in [0.05, 0.1) is 6.10 Å². The summed E-state index contributed by atoms with van der Waals surface area (Å²) < 4.78 is 0. The quantitative estimate of drug-likeness (QED) is 0.802. The molecule has 4 rings (SSSR count). The Kier molecular flexibility index (Phi) is 3.48. The highest BCUT2D eigenvalue weighted by Gasteiger charge is 2.62. The minimum atomic E-state index is -0.400. The van der Waals surface area contributed by atoms with Crippen molar-refractivity contribution >= 4 is 11.6 Å². The maximum Gasteiger partial charge on any atom is 0.178 e. The van der Waals surface area contributed by atoms with Gasteiger partial charge in [0.1, 0.15) is 5.78 Å². The van der Waals surface area contributed by atoms with Gasteiger partial charge < -0.3 is 5.11 Å². The fourth-order valence-electron chi connectivity index (χ4n) is 6.99. The first-order valence-electron chi connectivity index (χ1n) is 9.40. The molecule has 0 heterocycles. The smallest absolute Gasteiger partial charge is 0.178 e. The summed E-state index contributed by atoms with van der Waals surface area (Å²) in [7, 11) is 0. The van der Waals surface area contributed by atoms with E-state index in [4.69, 9.17) is 0 Å². The molecule has 130 valence electrons. The van der Waals surface area contributed by atoms with E-state index in [1.807, 2.05) is 6.08 Å². The van der Waals surface area contributed by atoms with Crippen molar-refractivity contribution in [1.82, 2.24) is 0 Å². The zero-order valence-corrected chi connectivity index (χ0v) is 14.9. The van der Waals surface area contributed by atoms with E-state index < -0.39 is 6.10 Å². The molecule has 0 radical (unpaired) electrons. The van der Waals surface area contributed by atoms with Crippen molar-refractivity contribution in [3.63, 3.8) is 0 Å². The first kappa shape index (κ1) is 16.3. The van der Waals surface area contributed by atoms with Crippen molar-refractivity contribution < 1.29 is 14.7 Å². The second-order valence-electron chi connectivity index (χ2n) is 9.04. The summed E-state index contributed by atoms with van der Waals surface area (Å²) in [6.45, 7) is 6.15. The topological polar surface area (TPSA) is 54.4 Å². The van der Waals surface area contributed by atoms with E-state index in [0.717, 1.165) is 25.7 Å². The van der Waals surface area contributed by atoms with Crippen molar-refractivity contribution in [2.45, 2.75) is 59.0 Å². The minimum Gasteiger partial charge on any atom is -0.393 e. The number of hydrogen-bond acceptors (Lipinski definition) is 3. The maximum absolute atomic E-state index is 12.2. The summed E-state index contributed by atoms with van der Waals surface area (Å²) >= 11 is 0. The van der Waals surface area contributed by atoms with Crippen LogP contribution in [0.25, 0.3) is 0 Å². The van der Waals surface area contributed by atoms with Gasteiger partial charge in [0, 0.05) is 17.3 Å². The van der Waals surface area contributed by atoms with Gasteiger partial charge in [-0.1, -0.05) is 25.5 Å². The molecule has 4 aliphatic rings. The summed E-state index contributed by atoms with van der Waals surface area (Å²) in [4.78, 5) is 24.0. The number of allylic oxidation sites excluding steroid dienone is 4. The van der Waals surface area contributed by atoms with Crippen LogP contribution in [-0.2, 0) is 9.59 Å². The van der Waals surface area contributed by atoms with Crippen LogP contribution in [0.4, 0.5) is 0 Å². The lowest BCUT2D eigenvalue weighted by molar-refractivity contribution is -0.137. The molecule has 0 bridgehead atoms. The number of aliphatic hydroxyl groups excluding tert-OH is 1. The first-order chi connectivity index (χ1) is 11.3. The van der Waals surface area contributed by atoms with Crippen LogP contribution in [0.2, 0.25) is 0 Å². The van der Waals surface area contributed by atoms with Crippen LogP contribution in [0.3, 0.4) is 0 Å². The molecule has 0 aromatic carbocycles. The van der Waals surface area contributed by atoms with Gasteiger partial charge in [-0.2, -0.15) is 0 Å². The van der Waals surface area contributed by atoms with E-state index in [0.29, 0.717) is 18.3 Å². The monoisotopic (exact) mass is 328 g/mol. The molecule has 0 spiro atoms. The fraction of sp³-hybridized carbons (Fsp3) is 0.714. The molecule has 3 nitrogen and oxygen atoms in total. The second kappa shape index (κ2) is 5.14. The van der Waals surface area contributed by atoms with Crippen LogP contribution in [0.1, 0.15) is 52.9 Å². The number of fused-ring (bicyclic) bond motifs is 5. The molecule has 4 aliphatic carbocycles. The van der Waals surface area contributed by atoms with Gasteiger partial charge in [0.15, 0.2) is 5.78 Å². The zero-order valence-electron chi connectivity index (χ0n) is 14.9. The number of aliphatic hydroxyl groups is 1. The maximum atomic E-state index is 12.2. The molecule has 5 unspecified atom stereocenters. The summed E-state index contributed by atoms with van der Waals surface area (Å²) in [6, 6.07) is 0. The highest BCUT2D eigenvalue weighted by Crippen LogP contribution is 2.65. The molecule has 0 aromatic rings. The van der Waals surface area contributed by atoms with E-state index in [2.05, 4.69) is 13.8 Å². The SMILES string of the molecule is CC(=O)C1CCC2C3CCC4=CC(=O)C=C[C@]4(C)C3C(O)C[C@]12C. The van der Waals surface area contributed by atoms with Crippen LogP contribution in [-0.4, -0.2) is 22.8 Å². The molecule has 0 aliphatic heterocycles. The molecule has 0 saturated heterocycles. The predicted molar refractivity (Wildman–Crippen MR) is 92.2 cm³/mol. The molecule has 3 heteroatoms. The molecule has 1 N–H and O–H groups in total. The standard InChI is InChI=1S/C21H28O3/c1-12(22)16-6-7-17-15-5-4-13-10-14(23)8-9-20(13,2)19(15)18(24)11-21(16,17)3/h8-10,15-19,24H,4-7,11H2,1-3H3/t15?,16?,17?,18?,19?,20-,21+/m0/s1. The Morgan fingerprint density at radius 2 is 2.00 bits per heavy atom. The average Bonchev–Trinajstić information content (AvgIpc) is 2.84. The van der Waals surface area contributed by atoms with Gasteiger partial charge in [0.2, 0.25) is 0 Å². The van der Waals surface area contributed by atoms with Crippen molar-refractivity contribution in [2.75, 3.05) is 0 Å². The minimum absolute atomic E-state index is 0.0573. The summed E-state index contributed by atoms with van der Waals surface area (Å²) in [5, 5.41) is 11.1. The number of rotatable bonds is 1. The predicted octanol–water partition coefficient (Wildman–Crippen LogP) is 3.47. The summed E-state index contributed by atoms with van der Waals surface area (Å²) in [5.41, 5.74) is 0.935. The number of hydrogen-bond donors (Lipinski definition) is 1. The molecule has 24 heavy (non-hydrogen) atoms. The van der Waals surface area contributed by atoms with Crippen LogP contribution in [0.15, 0.2) is 23.8 Å². The van der Waals surface area contributed by atoms with Gasteiger partial charge in [-0.25, -0.2) is 0 Å². The van der Waals surface area contributed by atoms with E-state index in [9.17, 15) is 14.7 Å². The van der Waals surface area contributed by atoms with Gasteiger partial charge in [-0.3, -0.25) is 9.59 Å². The van der Waals surface area contributed by atoms with Crippen molar-refractivity contribution in [1.29, 1.82) is 0 Å². The zero-order chi connectivity index (χ0) is 17.3. The summed E-state index contributed by atoms with van der Waals surface area (Å²) in [6.07, 6.45) is 9.89. The van der Waals surface area contributed by atoms with Crippen LogP contribution in [0, 0.1) is 34.5 Å². The van der Waals surface area contributed by atoms with Crippen molar-refractivity contribution in [3.8, 4) is 0 Å². The lowest BCUT2D eigenvalue weighted by Crippen LogP contribution is -2.56. The van der Waals surface area contributed by atoms with Crippen molar-refractivity contribution in [2.24, 2.45) is 34.5 Å². The Morgan fingerprint density at radius 1 is 1.25 bits per heavy atom. The number of carbonyl (C=O) groups excluding carboxylic acids is 2. The Bertz CT molecular complexity index is 660. The number of ketones is 2. The third kappa shape index (κ3) is 2.00. The van der Waals surface area contributed by atoms with Gasteiger partial charge in [-0.05, 0) is 68.4 Å². The lowest BCUT2D eigenvalue weighted by Gasteiger charge is -2.58. The Morgan fingerprint density at radius 3 is 2.71 bits per heavy atom. The summed E-state index contributed by atoms with van der Waals surface area (Å²) in [5.74, 6) is 1.61. The van der Waals surface area contributed by atoms with Crippen LogP contribution < -0.4 is 0 Å². The number of Topliss-reactive ketones (excluding diaryl/α,β-unsaturated/α-hetero) is 1. The van der Waals surface area contributed by atoms with Crippen molar-refractivity contribution in [3.05, 3.63) is 23.8 Å². The average molecular weight is 328 g/mol. The third-order valence-corrected chi connectivity index (χ3v) is 7.98. The molecular weight excluding hydrogens is 300 g/mol. The Labute approximate surface area is 144 Å². The van der Waals surface area contributed by atoms with Crippen LogP contribution >= 0.6 is 0 Å². The lowest BCUT2D eigenvalue weighted by atomic mass is 9.46. The first-order valence-corrected chi connectivity index (χ1v) is 9.40. The molecule has 3 saturated carbocycles. The molecule has 7 atom stereocenters. The highest BCUT2D eigenvalue weighted by molar-refractivity contribution is 6.01. The fourth-order valence-corrected chi connectivity index (χ4v) is 6.99. The normalized spacial score (nSPS) is 49.9.